The standard InChI is InChI=1S/C16H24O4/c1-4-6-7-8-9-20-12-10-14(18)16(13(17)5-2)15(11-12)19-3/h10-11,18H,4-9H2,1-3H3. The van der Waals surface area contributed by atoms with E-state index in [2.05, 4.69) is 6.92 Å². The predicted octanol–water partition coefficient (Wildman–Crippen LogP) is 3.95. The molecule has 0 spiro atoms. The molecule has 0 atom stereocenters. The first-order valence-electron chi connectivity index (χ1n) is 7.21. The number of methoxy groups -OCH3 is 1. The lowest BCUT2D eigenvalue weighted by molar-refractivity contribution is 0.0982. The molecule has 0 aliphatic rings. The average molecular weight is 280 g/mol. The van der Waals surface area contributed by atoms with E-state index in [4.69, 9.17) is 9.47 Å². The smallest absolute Gasteiger partial charge is 0.170 e. The highest BCUT2D eigenvalue weighted by Crippen LogP contribution is 2.34. The van der Waals surface area contributed by atoms with Crippen LogP contribution >= 0.6 is 0 Å². The molecule has 1 aromatic rings. The van der Waals surface area contributed by atoms with Crippen LogP contribution in [0, 0.1) is 0 Å². The summed E-state index contributed by atoms with van der Waals surface area (Å²) >= 11 is 0. The number of hydrogen-bond donors (Lipinski definition) is 1. The van der Waals surface area contributed by atoms with Gasteiger partial charge in [-0.1, -0.05) is 33.1 Å². The lowest BCUT2D eigenvalue weighted by atomic mass is 10.1. The van der Waals surface area contributed by atoms with Gasteiger partial charge in [0.2, 0.25) is 0 Å². The van der Waals surface area contributed by atoms with Crippen LogP contribution in [0.2, 0.25) is 0 Å². The number of ketones is 1. The lowest BCUT2D eigenvalue weighted by Crippen LogP contribution is -2.03. The molecule has 4 nitrogen and oxygen atoms in total. The molecule has 0 aliphatic heterocycles. The van der Waals surface area contributed by atoms with Gasteiger partial charge in [-0.2, -0.15) is 0 Å². The Kier molecular flexibility index (Phi) is 6.91. The van der Waals surface area contributed by atoms with Crippen LogP contribution in [0.5, 0.6) is 17.2 Å². The maximum atomic E-state index is 11.8. The third kappa shape index (κ3) is 4.44. The van der Waals surface area contributed by atoms with Crippen LogP contribution in [0.1, 0.15) is 56.3 Å². The number of phenols is 1. The number of phenolic OH excluding ortho intramolecular Hbond substituents is 1. The number of unbranched alkanes of at least 4 members (excludes halogenated alkanes) is 3. The van der Waals surface area contributed by atoms with Crippen molar-refractivity contribution in [1.82, 2.24) is 0 Å². The predicted molar refractivity (Wildman–Crippen MR) is 78.9 cm³/mol. The van der Waals surface area contributed by atoms with Gasteiger partial charge in [-0.25, -0.2) is 0 Å². The van der Waals surface area contributed by atoms with Crippen molar-refractivity contribution in [3.8, 4) is 17.2 Å². The Bertz CT molecular complexity index is 440. The summed E-state index contributed by atoms with van der Waals surface area (Å²) in [6.07, 6.45) is 4.81. The molecule has 1 rings (SSSR count). The zero-order valence-corrected chi connectivity index (χ0v) is 12.6. The molecule has 1 aromatic carbocycles. The van der Waals surface area contributed by atoms with Crippen molar-refractivity contribution in [2.75, 3.05) is 13.7 Å². The minimum absolute atomic E-state index is 0.0836. The summed E-state index contributed by atoms with van der Waals surface area (Å²) in [6, 6.07) is 3.13. The van der Waals surface area contributed by atoms with Crippen molar-refractivity contribution >= 4 is 5.78 Å². The van der Waals surface area contributed by atoms with Crippen molar-refractivity contribution in [1.29, 1.82) is 0 Å². The van der Waals surface area contributed by atoms with Crippen LogP contribution in [-0.2, 0) is 0 Å². The summed E-state index contributed by atoms with van der Waals surface area (Å²) in [6.45, 7) is 4.51. The van der Waals surface area contributed by atoms with Gasteiger partial charge in [0.15, 0.2) is 5.78 Å². The molecule has 0 unspecified atom stereocenters. The zero-order valence-electron chi connectivity index (χ0n) is 12.6. The second-order valence-electron chi connectivity index (χ2n) is 4.71. The molecule has 0 saturated heterocycles. The fourth-order valence-corrected chi connectivity index (χ4v) is 2.00. The minimum atomic E-state index is -0.145. The third-order valence-electron chi connectivity index (χ3n) is 3.14. The highest BCUT2D eigenvalue weighted by Gasteiger charge is 2.17. The fraction of sp³-hybridized carbons (Fsp3) is 0.562. The van der Waals surface area contributed by atoms with Crippen molar-refractivity contribution < 1.29 is 19.4 Å². The van der Waals surface area contributed by atoms with E-state index in [1.165, 1.54) is 26.0 Å². The van der Waals surface area contributed by atoms with Crippen molar-refractivity contribution in [3.63, 3.8) is 0 Å². The Morgan fingerprint density at radius 1 is 1.20 bits per heavy atom. The summed E-state index contributed by atoms with van der Waals surface area (Å²) in [4.78, 5) is 11.8. The quantitative estimate of drug-likeness (QED) is 0.549. The van der Waals surface area contributed by atoms with Gasteiger partial charge in [-0.3, -0.25) is 4.79 Å². The van der Waals surface area contributed by atoms with E-state index < -0.39 is 0 Å². The van der Waals surface area contributed by atoms with Crippen molar-refractivity contribution in [2.45, 2.75) is 46.0 Å². The fourth-order valence-electron chi connectivity index (χ4n) is 2.00. The number of carbonyl (C=O) groups is 1. The second kappa shape index (κ2) is 8.46. The Labute approximate surface area is 120 Å². The molecule has 0 radical (unpaired) electrons. The van der Waals surface area contributed by atoms with Crippen molar-refractivity contribution in [2.24, 2.45) is 0 Å². The van der Waals surface area contributed by atoms with Gasteiger partial charge in [0.1, 0.15) is 22.8 Å². The molecule has 0 bridgehead atoms. The summed E-state index contributed by atoms with van der Waals surface area (Å²) < 4.78 is 10.8. The maximum absolute atomic E-state index is 11.8. The topological polar surface area (TPSA) is 55.8 Å². The van der Waals surface area contributed by atoms with E-state index in [0.29, 0.717) is 24.5 Å². The Morgan fingerprint density at radius 2 is 1.95 bits per heavy atom. The van der Waals surface area contributed by atoms with Gasteiger partial charge in [-0.05, 0) is 6.42 Å². The second-order valence-corrected chi connectivity index (χ2v) is 4.71. The van der Waals surface area contributed by atoms with Gasteiger partial charge in [0.25, 0.3) is 0 Å². The first kappa shape index (κ1) is 16.3. The van der Waals surface area contributed by atoms with Gasteiger partial charge < -0.3 is 14.6 Å². The maximum Gasteiger partial charge on any atom is 0.170 e. The lowest BCUT2D eigenvalue weighted by Gasteiger charge is -2.12. The monoisotopic (exact) mass is 280 g/mol. The third-order valence-corrected chi connectivity index (χ3v) is 3.14. The number of benzene rings is 1. The number of aromatic hydroxyl groups is 1. The molecule has 20 heavy (non-hydrogen) atoms. The number of rotatable bonds is 9. The van der Waals surface area contributed by atoms with Crippen molar-refractivity contribution in [3.05, 3.63) is 17.7 Å². The van der Waals surface area contributed by atoms with E-state index in [1.54, 1.807) is 13.0 Å². The van der Waals surface area contributed by atoms with Gasteiger partial charge >= 0.3 is 0 Å². The number of Topliss-reactive ketones (excluding diaryl/α,β-unsaturated/α-hetero) is 1. The van der Waals surface area contributed by atoms with Crippen LogP contribution in [-0.4, -0.2) is 24.6 Å². The van der Waals surface area contributed by atoms with E-state index >= 15 is 0 Å². The van der Waals surface area contributed by atoms with E-state index in [1.807, 2.05) is 0 Å². The van der Waals surface area contributed by atoms with Crippen LogP contribution < -0.4 is 9.47 Å². The molecule has 0 saturated carbocycles. The molecule has 0 heterocycles. The summed E-state index contributed by atoms with van der Waals surface area (Å²) in [5.41, 5.74) is 0.230. The Hall–Kier alpha value is -1.71. The molecule has 0 aliphatic carbocycles. The molecule has 0 fully saturated rings. The molecule has 0 amide bonds. The summed E-state index contributed by atoms with van der Waals surface area (Å²) in [7, 11) is 1.48. The highest BCUT2D eigenvalue weighted by molar-refractivity contribution is 6.01. The normalized spacial score (nSPS) is 10.3. The molecule has 1 N–H and O–H groups in total. The average Bonchev–Trinajstić information content (AvgIpc) is 2.45. The van der Waals surface area contributed by atoms with Gasteiger partial charge in [-0.15, -0.1) is 0 Å². The molecule has 112 valence electrons. The number of hydrogen-bond acceptors (Lipinski definition) is 4. The molecule has 0 aromatic heterocycles. The first-order chi connectivity index (χ1) is 9.63. The Morgan fingerprint density at radius 3 is 2.55 bits per heavy atom. The molecular formula is C16H24O4. The molecule has 4 heteroatoms. The summed E-state index contributed by atoms with van der Waals surface area (Å²) in [5.74, 6) is 0.664. The van der Waals surface area contributed by atoms with Crippen LogP contribution in [0.3, 0.4) is 0 Å². The van der Waals surface area contributed by atoms with E-state index in [9.17, 15) is 9.90 Å². The molecular weight excluding hydrogens is 256 g/mol. The SMILES string of the molecule is CCCCCCOc1cc(O)c(C(=O)CC)c(OC)c1. The van der Waals surface area contributed by atoms with E-state index in [-0.39, 0.29) is 17.1 Å². The zero-order chi connectivity index (χ0) is 15.0. The van der Waals surface area contributed by atoms with Gasteiger partial charge in [0, 0.05) is 18.6 Å². The van der Waals surface area contributed by atoms with Gasteiger partial charge in [0.05, 0.1) is 13.7 Å². The van der Waals surface area contributed by atoms with Crippen LogP contribution in [0.4, 0.5) is 0 Å². The Balaban J connectivity index is 2.75. The van der Waals surface area contributed by atoms with Crippen LogP contribution in [0.15, 0.2) is 12.1 Å². The first-order valence-corrected chi connectivity index (χ1v) is 7.21. The minimum Gasteiger partial charge on any atom is -0.507 e. The number of ether oxygens (including phenoxy) is 2. The summed E-state index contributed by atoms with van der Waals surface area (Å²) in [5, 5.41) is 9.96. The van der Waals surface area contributed by atoms with E-state index in [0.717, 1.165) is 12.8 Å². The number of carbonyl (C=O) groups excluding carboxylic acids is 1. The largest absolute Gasteiger partial charge is 0.507 e. The highest BCUT2D eigenvalue weighted by atomic mass is 16.5. The van der Waals surface area contributed by atoms with Crippen LogP contribution in [0.25, 0.3) is 0 Å².